The number of thioether (sulfide) groups is 1. The standard InChI is InChI=1S/C8H7NS/c1-2-8-3-6-10-7-5-9(8)4-1/h1-7H. The summed E-state index contributed by atoms with van der Waals surface area (Å²) in [5.41, 5.74) is 1.24. The van der Waals surface area contributed by atoms with E-state index in [0.717, 1.165) is 0 Å². The van der Waals surface area contributed by atoms with Gasteiger partial charge in [0.25, 0.3) is 0 Å². The minimum Gasteiger partial charge on any atom is -0.323 e. The molecule has 0 saturated carbocycles. The lowest BCUT2D eigenvalue weighted by molar-refractivity contribution is 1.15. The molecule has 0 unspecified atom stereocenters. The third-order valence-corrected chi connectivity index (χ3v) is 2.00. The SMILES string of the molecule is C1=Cc2cccn2C=CS1. The molecular weight excluding hydrogens is 142 g/mol. The summed E-state index contributed by atoms with van der Waals surface area (Å²) in [4.78, 5) is 0. The molecule has 0 atom stereocenters. The van der Waals surface area contributed by atoms with E-state index in [4.69, 9.17) is 0 Å². The highest BCUT2D eigenvalue weighted by atomic mass is 32.2. The largest absolute Gasteiger partial charge is 0.323 e. The van der Waals surface area contributed by atoms with Crippen molar-refractivity contribution >= 4 is 24.0 Å². The second-order valence-corrected chi connectivity index (χ2v) is 2.88. The second kappa shape index (κ2) is 2.39. The second-order valence-electron chi connectivity index (χ2n) is 2.06. The molecular formula is C8H7NS. The molecule has 1 aromatic rings. The van der Waals surface area contributed by atoms with E-state index in [1.54, 1.807) is 11.8 Å². The molecule has 0 aromatic carbocycles. The van der Waals surface area contributed by atoms with Gasteiger partial charge in [-0.05, 0) is 29.0 Å². The van der Waals surface area contributed by atoms with Crippen LogP contribution < -0.4 is 0 Å². The molecule has 0 fully saturated rings. The Labute approximate surface area is 64.0 Å². The van der Waals surface area contributed by atoms with Gasteiger partial charge >= 0.3 is 0 Å². The van der Waals surface area contributed by atoms with Gasteiger partial charge in [0.15, 0.2) is 0 Å². The summed E-state index contributed by atoms with van der Waals surface area (Å²) < 4.78 is 2.09. The van der Waals surface area contributed by atoms with Crippen LogP contribution in [0.5, 0.6) is 0 Å². The number of aromatic nitrogens is 1. The average Bonchev–Trinajstić information content (AvgIpc) is 2.28. The first kappa shape index (κ1) is 5.86. The molecule has 10 heavy (non-hydrogen) atoms. The Hall–Kier alpha value is -0.890. The van der Waals surface area contributed by atoms with Crippen molar-refractivity contribution in [2.75, 3.05) is 0 Å². The lowest BCUT2D eigenvalue weighted by atomic mass is 10.4. The van der Waals surface area contributed by atoms with Gasteiger partial charge in [-0.25, -0.2) is 0 Å². The Kier molecular flexibility index (Phi) is 1.40. The van der Waals surface area contributed by atoms with Crippen molar-refractivity contribution in [3.63, 3.8) is 0 Å². The summed E-state index contributed by atoms with van der Waals surface area (Å²) in [6, 6.07) is 4.13. The average molecular weight is 149 g/mol. The van der Waals surface area contributed by atoms with Gasteiger partial charge in [-0.1, -0.05) is 0 Å². The van der Waals surface area contributed by atoms with E-state index in [-0.39, 0.29) is 0 Å². The van der Waals surface area contributed by atoms with Crippen LogP contribution in [-0.2, 0) is 0 Å². The smallest absolute Gasteiger partial charge is 0.0455 e. The van der Waals surface area contributed by atoms with Crippen molar-refractivity contribution < 1.29 is 0 Å². The third kappa shape index (κ3) is 0.907. The molecule has 50 valence electrons. The molecule has 0 aliphatic carbocycles. The summed E-state index contributed by atoms with van der Waals surface area (Å²) >= 11 is 1.69. The summed E-state index contributed by atoms with van der Waals surface area (Å²) in [6.07, 6.45) is 6.20. The number of nitrogens with zero attached hydrogens (tertiary/aromatic N) is 1. The predicted molar refractivity (Wildman–Crippen MR) is 46.4 cm³/mol. The zero-order valence-electron chi connectivity index (χ0n) is 5.40. The van der Waals surface area contributed by atoms with Gasteiger partial charge in [0.2, 0.25) is 0 Å². The van der Waals surface area contributed by atoms with E-state index in [1.165, 1.54) is 5.69 Å². The van der Waals surface area contributed by atoms with E-state index >= 15 is 0 Å². The van der Waals surface area contributed by atoms with Crippen LogP contribution in [0.2, 0.25) is 0 Å². The molecule has 1 aliphatic rings. The molecule has 2 heteroatoms. The van der Waals surface area contributed by atoms with Crippen LogP contribution in [0.3, 0.4) is 0 Å². The van der Waals surface area contributed by atoms with Crippen LogP contribution in [0.4, 0.5) is 0 Å². The molecule has 2 rings (SSSR count). The van der Waals surface area contributed by atoms with Crippen LogP contribution in [0.25, 0.3) is 12.3 Å². The molecule has 0 saturated heterocycles. The van der Waals surface area contributed by atoms with Gasteiger partial charge in [-0.2, -0.15) is 0 Å². The van der Waals surface area contributed by atoms with Gasteiger partial charge < -0.3 is 4.57 Å². The Morgan fingerprint density at radius 1 is 1.30 bits per heavy atom. The van der Waals surface area contributed by atoms with Crippen molar-refractivity contribution in [1.82, 2.24) is 4.57 Å². The van der Waals surface area contributed by atoms with E-state index in [0.29, 0.717) is 0 Å². The van der Waals surface area contributed by atoms with Crippen molar-refractivity contribution in [2.24, 2.45) is 0 Å². The lowest BCUT2D eigenvalue weighted by Gasteiger charge is -1.93. The molecule has 1 nitrogen and oxygen atoms in total. The van der Waals surface area contributed by atoms with Gasteiger partial charge in [0.1, 0.15) is 0 Å². The summed E-state index contributed by atoms with van der Waals surface area (Å²) in [5.74, 6) is 0. The third-order valence-electron chi connectivity index (χ3n) is 1.43. The van der Waals surface area contributed by atoms with Crippen LogP contribution >= 0.6 is 11.8 Å². The summed E-state index contributed by atoms with van der Waals surface area (Å²) in [7, 11) is 0. The Morgan fingerprint density at radius 2 is 2.30 bits per heavy atom. The van der Waals surface area contributed by atoms with Gasteiger partial charge in [0.05, 0.1) is 0 Å². The maximum absolute atomic E-state index is 2.10. The number of rotatable bonds is 0. The molecule has 1 aromatic heterocycles. The maximum atomic E-state index is 2.10. The highest BCUT2D eigenvalue weighted by Crippen LogP contribution is 2.15. The van der Waals surface area contributed by atoms with Crippen LogP contribution in [0.15, 0.2) is 29.1 Å². The highest BCUT2D eigenvalue weighted by molar-refractivity contribution is 8.05. The minimum absolute atomic E-state index is 1.24. The Balaban J connectivity index is 2.56. The lowest BCUT2D eigenvalue weighted by Crippen LogP contribution is -1.83. The molecule has 0 amide bonds. The number of hydrogen-bond donors (Lipinski definition) is 0. The zero-order valence-corrected chi connectivity index (χ0v) is 6.21. The van der Waals surface area contributed by atoms with Crippen LogP contribution in [0.1, 0.15) is 5.69 Å². The fraction of sp³-hybridized carbons (Fsp3) is 0. The predicted octanol–water partition coefficient (Wildman–Crippen LogP) is 2.63. The van der Waals surface area contributed by atoms with Crippen molar-refractivity contribution in [1.29, 1.82) is 0 Å². The Morgan fingerprint density at radius 3 is 3.30 bits per heavy atom. The van der Waals surface area contributed by atoms with E-state index in [2.05, 4.69) is 33.7 Å². The first-order chi connectivity index (χ1) is 4.97. The zero-order chi connectivity index (χ0) is 6.81. The number of fused-ring (bicyclic) bond motifs is 1. The maximum Gasteiger partial charge on any atom is 0.0455 e. The Bertz CT molecular complexity index is 257. The first-order valence-corrected chi connectivity index (χ1v) is 4.06. The fourth-order valence-electron chi connectivity index (χ4n) is 0.939. The quantitative estimate of drug-likeness (QED) is 0.549. The fourth-order valence-corrected chi connectivity index (χ4v) is 1.45. The summed E-state index contributed by atoms with van der Waals surface area (Å²) in [6.45, 7) is 0. The topological polar surface area (TPSA) is 4.93 Å². The molecule has 0 radical (unpaired) electrons. The molecule has 0 spiro atoms. The van der Waals surface area contributed by atoms with Crippen molar-refractivity contribution in [2.45, 2.75) is 0 Å². The van der Waals surface area contributed by atoms with Gasteiger partial charge in [-0.15, -0.1) is 11.8 Å². The van der Waals surface area contributed by atoms with Crippen molar-refractivity contribution in [3.8, 4) is 0 Å². The van der Waals surface area contributed by atoms with Gasteiger partial charge in [0, 0.05) is 18.1 Å². The van der Waals surface area contributed by atoms with Crippen molar-refractivity contribution in [3.05, 3.63) is 34.8 Å². The van der Waals surface area contributed by atoms with Crippen LogP contribution in [0, 0.1) is 0 Å². The minimum atomic E-state index is 1.24. The van der Waals surface area contributed by atoms with Gasteiger partial charge in [-0.3, -0.25) is 0 Å². The van der Waals surface area contributed by atoms with E-state index in [9.17, 15) is 0 Å². The molecule has 0 N–H and O–H groups in total. The normalized spacial score (nSPS) is 14.8. The highest BCUT2D eigenvalue weighted by Gasteiger charge is 1.93. The van der Waals surface area contributed by atoms with Crippen LogP contribution in [-0.4, -0.2) is 4.57 Å². The van der Waals surface area contributed by atoms with E-state index in [1.807, 2.05) is 12.3 Å². The molecule has 2 heterocycles. The van der Waals surface area contributed by atoms with E-state index < -0.39 is 0 Å². The molecule has 0 bridgehead atoms. The number of hydrogen-bond acceptors (Lipinski definition) is 1. The first-order valence-electron chi connectivity index (χ1n) is 3.12. The molecule has 1 aliphatic heterocycles. The monoisotopic (exact) mass is 149 g/mol. The summed E-state index contributed by atoms with van der Waals surface area (Å²) in [5, 5.41) is 4.14.